The van der Waals surface area contributed by atoms with E-state index in [9.17, 15) is 9.18 Å². The summed E-state index contributed by atoms with van der Waals surface area (Å²) in [6.45, 7) is 5.13. The van der Waals surface area contributed by atoms with Gasteiger partial charge in [-0.3, -0.25) is 9.69 Å². The van der Waals surface area contributed by atoms with E-state index in [0.717, 1.165) is 6.04 Å². The number of likely N-dealkylation sites (N-methyl/N-ethyl adjacent to an activating group) is 1. The van der Waals surface area contributed by atoms with E-state index in [4.69, 9.17) is 16.7 Å². The topological polar surface area (TPSA) is 107 Å². The molecule has 5 rings (SSSR count). The second kappa shape index (κ2) is 15.2. The average Bonchev–Trinajstić information content (AvgIpc) is 3.50. The van der Waals surface area contributed by atoms with Gasteiger partial charge in [0.2, 0.25) is 6.41 Å². The molecule has 1 aliphatic carbocycles. The Kier molecular flexibility index (Phi) is 11.5. The van der Waals surface area contributed by atoms with Gasteiger partial charge in [0.25, 0.3) is 0 Å². The zero-order valence-corrected chi connectivity index (χ0v) is 24.1. The summed E-state index contributed by atoms with van der Waals surface area (Å²) < 4.78 is 14.2. The summed E-state index contributed by atoms with van der Waals surface area (Å²) in [5, 5.41) is 23.9. The van der Waals surface area contributed by atoms with Crippen LogP contribution < -0.4 is 10.6 Å². The molecule has 0 radical (unpaired) electrons. The predicted molar refractivity (Wildman–Crippen MR) is 159 cm³/mol. The molecule has 12 heteroatoms. The van der Waals surface area contributed by atoms with Crippen molar-refractivity contribution in [2.24, 2.45) is 0 Å². The Morgan fingerprint density at radius 3 is 2.62 bits per heavy atom. The van der Waals surface area contributed by atoms with Gasteiger partial charge in [-0.2, -0.15) is 0 Å². The minimum Gasteiger partial charge on any atom is -0.396 e. The molecule has 0 unspecified atom stereocenters. The number of carbonyl (C=O) groups excluding carboxylic acids is 1. The second-order valence-electron chi connectivity index (χ2n) is 9.74. The van der Waals surface area contributed by atoms with Gasteiger partial charge >= 0.3 is 0 Å². The van der Waals surface area contributed by atoms with Crippen molar-refractivity contribution in [3.05, 3.63) is 53.4 Å². The number of amides is 1. The Morgan fingerprint density at radius 2 is 1.90 bits per heavy atom. The van der Waals surface area contributed by atoms with Crippen LogP contribution in [0.25, 0.3) is 11.3 Å². The van der Waals surface area contributed by atoms with Gasteiger partial charge in [-0.15, -0.1) is 22.0 Å². The van der Waals surface area contributed by atoms with Gasteiger partial charge in [-0.1, -0.05) is 24.4 Å². The van der Waals surface area contributed by atoms with E-state index in [2.05, 4.69) is 42.7 Å². The minimum atomic E-state index is -0.471. The zero-order valence-electron chi connectivity index (χ0n) is 22.5. The molecule has 0 spiro atoms. The summed E-state index contributed by atoms with van der Waals surface area (Å²) in [5.74, 6) is 0.317. The van der Waals surface area contributed by atoms with Gasteiger partial charge in [0.05, 0.1) is 18.0 Å². The molecule has 40 heavy (non-hydrogen) atoms. The van der Waals surface area contributed by atoms with Crippen LogP contribution in [-0.2, 0) is 4.79 Å². The van der Waals surface area contributed by atoms with Crippen LogP contribution in [0.2, 0.25) is 5.02 Å². The number of piperazine rings is 1. The molecule has 0 atom stereocenters. The van der Waals surface area contributed by atoms with Crippen molar-refractivity contribution in [3.8, 4) is 11.3 Å². The highest BCUT2D eigenvalue weighted by atomic mass is 35.5. The van der Waals surface area contributed by atoms with Crippen molar-refractivity contribution < 1.29 is 14.3 Å². The molecule has 2 fully saturated rings. The summed E-state index contributed by atoms with van der Waals surface area (Å²) in [7, 11) is 2.23. The quantitative estimate of drug-likeness (QED) is 0.238. The van der Waals surface area contributed by atoms with Crippen LogP contribution in [0.1, 0.15) is 25.7 Å². The fourth-order valence-electron chi connectivity index (χ4n) is 4.80. The number of hydrogen-bond acceptors (Lipinski definition) is 9. The monoisotopic (exact) mass is 587 g/mol. The predicted octanol–water partition coefficient (Wildman–Crippen LogP) is 4.90. The molecular formula is C28H35ClFN7O2S. The van der Waals surface area contributed by atoms with E-state index in [1.54, 1.807) is 18.2 Å². The lowest BCUT2D eigenvalue weighted by molar-refractivity contribution is -0.105. The Bertz CT molecular complexity index is 1260. The van der Waals surface area contributed by atoms with E-state index in [1.165, 1.54) is 88.0 Å². The SMILES string of the molecule is CN1CCN(C2CCCC2)CC1.O=CNc1cc(Nc2cc(-c3cc(Cl)ccc3F)nnc2SCCO)ccn1. The summed E-state index contributed by atoms with van der Waals surface area (Å²) >= 11 is 7.28. The molecule has 2 aromatic heterocycles. The molecule has 0 bridgehead atoms. The van der Waals surface area contributed by atoms with Crippen molar-refractivity contribution in [1.29, 1.82) is 0 Å². The van der Waals surface area contributed by atoms with Crippen molar-refractivity contribution >= 4 is 47.0 Å². The van der Waals surface area contributed by atoms with Gasteiger partial charge in [0.1, 0.15) is 16.7 Å². The first-order valence-electron chi connectivity index (χ1n) is 13.4. The van der Waals surface area contributed by atoms with E-state index in [-0.39, 0.29) is 12.2 Å². The highest BCUT2D eigenvalue weighted by Gasteiger charge is 2.24. The standard InChI is InChI=1S/C18H15ClFN5O2S.C10H20N2/c19-11-1-2-14(20)13(7-11)15-9-16(18(25-24-15)28-6-5-26)23-12-3-4-21-17(8-12)22-10-27;1-11-6-8-12(9-7-11)10-4-2-3-5-10/h1-4,7-10,26H,5-6H2,(H2,21,22,23,24,27);10H,2-9H2,1H3. The lowest BCUT2D eigenvalue weighted by Crippen LogP contribution is -2.48. The maximum atomic E-state index is 14.2. The number of halogens is 2. The molecule has 9 nitrogen and oxygen atoms in total. The van der Waals surface area contributed by atoms with Crippen LogP contribution in [0, 0.1) is 5.82 Å². The first kappa shape index (κ1) is 30.1. The molecular weight excluding hydrogens is 553 g/mol. The summed E-state index contributed by atoms with van der Waals surface area (Å²) in [4.78, 5) is 19.8. The first-order valence-corrected chi connectivity index (χ1v) is 14.8. The van der Waals surface area contributed by atoms with Crippen molar-refractivity contribution in [2.75, 3.05) is 56.2 Å². The molecule has 3 heterocycles. The Balaban J connectivity index is 0.000000255. The second-order valence-corrected chi connectivity index (χ2v) is 11.3. The van der Waals surface area contributed by atoms with Crippen LogP contribution in [0.5, 0.6) is 0 Å². The molecule has 3 aromatic rings. The molecule has 3 N–H and O–H groups in total. The highest BCUT2D eigenvalue weighted by Crippen LogP contribution is 2.32. The number of aliphatic hydroxyl groups is 1. The van der Waals surface area contributed by atoms with Crippen LogP contribution in [0.3, 0.4) is 0 Å². The number of rotatable bonds is 9. The van der Waals surface area contributed by atoms with Crippen LogP contribution in [0.4, 0.5) is 21.6 Å². The summed E-state index contributed by atoms with van der Waals surface area (Å²) in [6, 6.07) is 10.1. The smallest absolute Gasteiger partial charge is 0.212 e. The van der Waals surface area contributed by atoms with Crippen LogP contribution in [0.15, 0.2) is 47.6 Å². The molecule has 2 aliphatic rings. The Labute approximate surface area is 243 Å². The number of aromatic nitrogens is 3. The van der Waals surface area contributed by atoms with Crippen LogP contribution >= 0.6 is 23.4 Å². The zero-order chi connectivity index (χ0) is 28.3. The first-order chi connectivity index (χ1) is 19.5. The molecule has 1 aromatic carbocycles. The minimum absolute atomic E-state index is 0.0287. The molecule has 1 saturated carbocycles. The van der Waals surface area contributed by atoms with Crippen molar-refractivity contribution in [2.45, 2.75) is 36.8 Å². The molecule has 1 saturated heterocycles. The summed E-state index contributed by atoms with van der Waals surface area (Å²) in [6.07, 6.45) is 7.92. The third-order valence-electron chi connectivity index (χ3n) is 6.92. The highest BCUT2D eigenvalue weighted by molar-refractivity contribution is 7.99. The molecule has 1 aliphatic heterocycles. The third kappa shape index (κ3) is 8.58. The van der Waals surface area contributed by atoms with Gasteiger partial charge in [-0.25, -0.2) is 9.37 Å². The number of aliphatic hydroxyl groups excluding tert-OH is 1. The lowest BCUT2D eigenvalue weighted by Gasteiger charge is -2.36. The Morgan fingerprint density at radius 1 is 1.12 bits per heavy atom. The number of anilines is 3. The molecule has 214 valence electrons. The largest absolute Gasteiger partial charge is 0.396 e. The molecule has 1 amide bonds. The van der Waals surface area contributed by atoms with Gasteiger partial charge < -0.3 is 20.6 Å². The third-order valence-corrected chi connectivity index (χ3v) is 8.12. The fourth-order valence-corrected chi connectivity index (χ4v) is 5.62. The van der Waals surface area contributed by atoms with E-state index in [0.29, 0.717) is 45.1 Å². The average molecular weight is 588 g/mol. The number of nitrogens with one attached hydrogen (secondary N) is 2. The Hall–Kier alpha value is -2.83. The maximum absolute atomic E-state index is 14.2. The number of pyridine rings is 1. The number of nitrogens with zero attached hydrogens (tertiary/aromatic N) is 5. The van der Waals surface area contributed by atoms with Gasteiger partial charge in [0.15, 0.2) is 0 Å². The van der Waals surface area contributed by atoms with E-state index in [1.807, 2.05) is 0 Å². The lowest BCUT2D eigenvalue weighted by atomic mass is 10.1. The van der Waals surface area contributed by atoms with Gasteiger partial charge in [-0.05, 0) is 50.2 Å². The van der Waals surface area contributed by atoms with Crippen molar-refractivity contribution in [3.63, 3.8) is 0 Å². The number of benzene rings is 1. The van der Waals surface area contributed by atoms with Gasteiger partial charge in [0, 0.05) is 66.5 Å². The maximum Gasteiger partial charge on any atom is 0.212 e. The van der Waals surface area contributed by atoms with Crippen molar-refractivity contribution in [1.82, 2.24) is 25.0 Å². The number of carbonyl (C=O) groups is 1. The normalized spacial score (nSPS) is 16.3. The number of thioether (sulfide) groups is 1. The number of hydrogen-bond donors (Lipinski definition) is 3. The van der Waals surface area contributed by atoms with E-state index >= 15 is 0 Å². The van der Waals surface area contributed by atoms with E-state index < -0.39 is 5.82 Å². The summed E-state index contributed by atoms with van der Waals surface area (Å²) in [5.41, 5.74) is 1.72. The van der Waals surface area contributed by atoms with Crippen LogP contribution in [-0.4, -0.2) is 88.1 Å². The fraction of sp³-hybridized carbons (Fsp3) is 0.429.